The first-order chi connectivity index (χ1) is 19.3. The van der Waals surface area contributed by atoms with Crippen molar-refractivity contribution in [2.45, 2.75) is 51.9 Å². The smallest absolute Gasteiger partial charge is 0.511 e. The fraction of sp³-hybridized carbons (Fsp3) is 0.294. The predicted molar refractivity (Wildman–Crippen MR) is 175 cm³/mol. The lowest BCUT2D eigenvalue weighted by atomic mass is 9.97. The highest BCUT2D eigenvalue weighted by Crippen LogP contribution is 2.58. The van der Waals surface area contributed by atoms with Crippen LogP contribution in [0.5, 0.6) is 17.2 Å². The van der Waals surface area contributed by atoms with Crippen LogP contribution in [-0.2, 0) is 0 Å². The maximum absolute atomic E-state index is 9.14. The summed E-state index contributed by atoms with van der Waals surface area (Å²) in [5, 5.41) is 26.4. The molecule has 214 valence electrons. The summed E-state index contributed by atoms with van der Waals surface area (Å²) in [6.45, 7) is 13.9. The van der Waals surface area contributed by atoms with Crippen LogP contribution in [0, 0.1) is 0 Å². The lowest BCUT2D eigenvalue weighted by Gasteiger charge is -2.42. The van der Waals surface area contributed by atoms with Crippen LogP contribution in [-0.4, -0.2) is 41.9 Å². The van der Waals surface area contributed by atoms with E-state index in [0.717, 1.165) is 38.4 Å². The Hall–Kier alpha value is -3.31. The van der Waals surface area contributed by atoms with Gasteiger partial charge in [0.15, 0.2) is 0 Å². The Balaban J connectivity index is 0.000000192. The number of ether oxygens (including phenoxy) is 2. The molecular formula is C34H40BO5P. The summed E-state index contributed by atoms with van der Waals surface area (Å²) in [6.07, 6.45) is 0. The minimum absolute atomic E-state index is 0.241. The van der Waals surface area contributed by atoms with Crippen molar-refractivity contribution in [1.82, 2.24) is 0 Å². The molecule has 5 rings (SSSR count). The van der Waals surface area contributed by atoms with Gasteiger partial charge in [-0.3, -0.25) is 0 Å². The van der Waals surface area contributed by atoms with Gasteiger partial charge in [-0.1, -0.05) is 98.0 Å². The van der Waals surface area contributed by atoms with Crippen LogP contribution in [0.2, 0.25) is 0 Å². The standard InChI is InChI=1S/C18H13BO3.C16H27O2P/c20-19(21)22-17-7-3-6-12-8-9-15-10-13-4-1-2-5-14(13)11-16(15)18(12)17;1-15(2,3)19(16(4,5)6)14-10-12(17-7)9-13(11-14)18-8/h1-11,20-21H;9-11H,1-8H3. The van der Waals surface area contributed by atoms with Crippen LogP contribution >= 0.6 is 7.92 Å². The van der Waals surface area contributed by atoms with E-state index in [1.807, 2.05) is 36.4 Å². The van der Waals surface area contributed by atoms with Crippen molar-refractivity contribution in [3.8, 4) is 17.2 Å². The molecule has 2 N–H and O–H groups in total. The Labute approximate surface area is 245 Å². The molecule has 0 amide bonds. The Morgan fingerprint density at radius 1 is 0.610 bits per heavy atom. The maximum atomic E-state index is 9.14. The van der Waals surface area contributed by atoms with Gasteiger partial charge in [-0.05, 0) is 72.9 Å². The highest BCUT2D eigenvalue weighted by Gasteiger charge is 2.36. The Morgan fingerprint density at radius 3 is 1.68 bits per heavy atom. The lowest BCUT2D eigenvalue weighted by molar-refractivity contribution is 0.289. The molecule has 0 aliphatic carbocycles. The molecule has 5 aromatic carbocycles. The van der Waals surface area contributed by atoms with Gasteiger partial charge in [0.1, 0.15) is 17.2 Å². The van der Waals surface area contributed by atoms with Gasteiger partial charge in [0.05, 0.1) is 14.2 Å². The van der Waals surface area contributed by atoms with E-state index in [0.29, 0.717) is 5.75 Å². The van der Waals surface area contributed by atoms with Gasteiger partial charge in [0.2, 0.25) is 0 Å². The van der Waals surface area contributed by atoms with Crippen molar-refractivity contribution in [3.05, 3.63) is 84.9 Å². The van der Waals surface area contributed by atoms with E-state index in [1.165, 1.54) is 10.7 Å². The van der Waals surface area contributed by atoms with Crippen molar-refractivity contribution < 1.29 is 24.2 Å². The average molecular weight is 570 g/mol. The molecule has 0 aliphatic rings. The zero-order valence-electron chi connectivity index (χ0n) is 25.2. The maximum Gasteiger partial charge on any atom is 0.707 e. The first kappa shape index (κ1) is 30.6. The van der Waals surface area contributed by atoms with E-state index in [9.17, 15) is 0 Å². The first-order valence-electron chi connectivity index (χ1n) is 13.7. The van der Waals surface area contributed by atoms with Gasteiger partial charge in [0, 0.05) is 11.5 Å². The van der Waals surface area contributed by atoms with Gasteiger partial charge < -0.3 is 24.2 Å². The molecule has 0 unspecified atom stereocenters. The molecule has 5 aromatic rings. The molecule has 7 heteroatoms. The van der Waals surface area contributed by atoms with E-state index >= 15 is 0 Å². The molecule has 0 heterocycles. The van der Waals surface area contributed by atoms with Gasteiger partial charge in [-0.15, -0.1) is 0 Å². The predicted octanol–water partition coefficient (Wildman–Crippen LogP) is 7.90. The summed E-state index contributed by atoms with van der Waals surface area (Å²) in [5.74, 6) is 2.21. The van der Waals surface area contributed by atoms with Gasteiger partial charge in [-0.25, -0.2) is 0 Å². The summed E-state index contributed by atoms with van der Waals surface area (Å²) in [4.78, 5) is 0. The van der Waals surface area contributed by atoms with Crippen LogP contribution in [0.1, 0.15) is 41.5 Å². The van der Waals surface area contributed by atoms with Crippen molar-refractivity contribution >= 4 is 52.9 Å². The van der Waals surface area contributed by atoms with Crippen molar-refractivity contribution in [1.29, 1.82) is 0 Å². The van der Waals surface area contributed by atoms with Crippen molar-refractivity contribution in [2.24, 2.45) is 0 Å². The van der Waals surface area contributed by atoms with Gasteiger partial charge >= 0.3 is 7.32 Å². The second-order valence-electron chi connectivity index (χ2n) is 12.0. The molecule has 0 aromatic heterocycles. The third-order valence-corrected chi connectivity index (χ3v) is 10.3. The van der Waals surface area contributed by atoms with Crippen LogP contribution in [0.4, 0.5) is 0 Å². The molecule has 0 saturated heterocycles. The van der Waals surface area contributed by atoms with Crippen molar-refractivity contribution in [3.63, 3.8) is 0 Å². The number of hydrogen-bond donors (Lipinski definition) is 2. The molecule has 5 nitrogen and oxygen atoms in total. The molecule has 0 spiro atoms. The Morgan fingerprint density at radius 2 is 1.15 bits per heavy atom. The fourth-order valence-electron chi connectivity index (χ4n) is 5.68. The van der Waals surface area contributed by atoms with E-state index in [4.69, 9.17) is 24.2 Å². The molecule has 41 heavy (non-hydrogen) atoms. The zero-order valence-corrected chi connectivity index (χ0v) is 26.1. The highest BCUT2D eigenvalue weighted by molar-refractivity contribution is 7.68. The van der Waals surface area contributed by atoms with E-state index in [-0.39, 0.29) is 18.2 Å². The number of benzene rings is 5. The average Bonchev–Trinajstić information content (AvgIpc) is 2.90. The molecule has 0 saturated carbocycles. The zero-order chi connectivity index (χ0) is 29.9. The van der Waals surface area contributed by atoms with Crippen LogP contribution in [0.15, 0.2) is 84.9 Å². The quantitative estimate of drug-likeness (QED) is 0.0973. The van der Waals surface area contributed by atoms with Crippen LogP contribution < -0.4 is 19.4 Å². The third-order valence-electron chi connectivity index (χ3n) is 6.86. The minimum atomic E-state index is -1.83. The molecule has 0 fully saturated rings. The number of methoxy groups -OCH3 is 2. The van der Waals surface area contributed by atoms with Gasteiger partial charge in [0.25, 0.3) is 0 Å². The summed E-state index contributed by atoms with van der Waals surface area (Å²) in [5.41, 5.74) is 0. The number of rotatable bonds is 5. The van der Waals surface area contributed by atoms with E-state index in [1.54, 1.807) is 20.3 Å². The molecule has 0 radical (unpaired) electrons. The monoisotopic (exact) mass is 570 g/mol. The third kappa shape index (κ3) is 7.13. The molecule has 0 atom stereocenters. The number of fused-ring (bicyclic) bond motifs is 4. The Bertz CT molecular complexity index is 1620. The second-order valence-corrected chi connectivity index (χ2v) is 15.9. The van der Waals surface area contributed by atoms with Crippen LogP contribution in [0.3, 0.4) is 0 Å². The normalized spacial score (nSPS) is 11.9. The van der Waals surface area contributed by atoms with Crippen molar-refractivity contribution in [2.75, 3.05) is 14.2 Å². The Kier molecular flexibility index (Phi) is 9.18. The molecule has 0 bridgehead atoms. The lowest BCUT2D eigenvalue weighted by Crippen LogP contribution is -2.31. The van der Waals surface area contributed by atoms with Crippen LogP contribution in [0.25, 0.3) is 32.3 Å². The first-order valence-corrected chi connectivity index (χ1v) is 15.1. The fourth-order valence-corrected chi connectivity index (χ4v) is 9.76. The number of hydrogen-bond acceptors (Lipinski definition) is 5. The minimum Gasteiger partial charge on any atom is -0.511 e. The van der Waals surface area contributed by atoms with Gasteiger partial charge in [-0.2, -0.15) is 0 Å². The summed E-state index contributed by atoms with van der Waals surface area (Å²) in [6, 6.07) is 28.3. The molecular weight excluding hydrogens is 530 g/mol. The summed E-state index contributed by atoms with van der Waals surface area (Å²) in [7, 11) is 1.23. The highest BCUT2D eigenvalue weighted by atomic mass is 31.1. The van der Waals surface area contributed by atoms with E-state index < -0.39 is 7.32 Å². The topological polar surface area (TPSA) is 68.2 Å². The largest absolute Gasteiger partial charge is 0.707 e. The summed E-state index contributed by atoms with van der Waals surface area (Å²) < 4.78 is 16.0. The summed E-state index contributed by atoms with van der Waals surface area (Å²) >= 11 is 0. The SMILES string of the molecule is COc1cc(OC)cc(P(C(C)(C)C)C(C)(C)C)c1.OB(O)Oc1cccc2ccc3cc4ccccc4cc3c12. The molecule has 0 aliphatic heterocycles. The van der Waals surface area contributed by atoms with E-state index in [2.05, 4.69) is 84.0 Å². The second kappa shape index (κ2) is 12.3.